The molecule has 9 nitrogen and oxygen atoms in total. The number of hydrogen-bond acceptors (Lipinski definition) is 8. The number of fused-ring (bicyclic) bond motifs is 2. The van der Waals surface area contributed by atoms with Gasteiger partial charge in [-0.2, -0.15) is 13.7 Å². The van der Waals surface area contributed by atoms with E-state index in [1.165, 1.54) is 11.7 Å². The summed E-state index contributed by atoms with van der Waals surface area (Å²) < 4.78 is 12.0. The average molecular weight is 456 g/mol. The first-order valence-electron chi connectivity index (χ1n) is 10.5. The van der Waals surface area contributed by atoms with Crippen molar-refractivity contribution in [3.05, 3.63) is 34.4 Å². The molecule has 31 heavy (non-hydrogen) atoms. The smallest absolute Gasteiger partial charge is 0.330 e. The van der Waals surface area contributed by atoms with Crippen LogP contribution in [-0.2, 0) is 7.05 Å². The number of aryl methyl sites for hydroxylation is 2. The summed E-state index contributed by atoms with van der Waals surface area (Å²) >= 11 is 1.19. The third-order valence-electron chi connectivity index (χ3n) is 6.31. The Morgan fingerprint density at radius 2 is 2.00 bits per heavy atom. The molecule has 0 radical (unpaired) electrons. The second-order valence-corrected chi connectivity index (χ2v) is 13.3. The Kier molecular flexibility index (Phi) is 4.91. The number of benzene rings is 1. The van der Waals surface area contributed by atoms with Gasteiger partial charge in [0, 0.05) is 18.8 Å². The van der Waals surface area contributed by atoms with Crippen LogP contribution in [0.1, 0.15) is 30.9 Å². The Morgan fingerprint density at radius 3 is 2.81 bits per heavy atom. The van der Waals surface area contributed by atoms with Crippen LogP contribution in [0, 0.1) is 6.92 Å². The van der Waals surface area contributed by atoms with Crippen LogP contribution in [0.2, 0.25) is 18.6 Å². The normalized spacial score (nSPS) is 22.1. The highest BCUT2D eigenvalue weighted by molar-refractivity contribution is 7.00. The molecule has 1 fully saturated rings. The lowest BCUT2D eigenvalue weighted by Crippen LogP contribution is -2.29. The number of aromatic nitrogens is 6. The van der Waals surface area contributed by atoms with E-state index < -0.39 is 8.32 Å². The van der Waals surface area contributed by atoms with Crippen LogP contribution >= 0.6 is 11.7 Å². The van der Waals surface area contributed by atoms with Crippen LogP contribution in [0.15, 0.2) is 23.1 Å². The monoisotopic (exact) mass is 455 g/mol. The van der Waals surface area contributed by atoms with E-state index in [0.717, 1.165) is 53.6 Å². The lowest BCUT2D eigenvalue weighted by Gasteiger charge is -2.18. The second kappa shape index (κ2) is 7.50. The molecule has 2 N–H and O–H groups in total. The molecule has 1 aromatic carbocycles. The van der Waals surface area contributed by atoms with Gasteiger partial charge < -0.3 is 10.1 Å². The van der Waals surface area contributed by atoms with Crippen molar-refractivity contribution in [1.29, 1.82) is 0 Å². The standard InChI is InChI=1S/C20H25N7O2SSi/c1-12-9-15-16(25-30-24-15)10-14(12)22-19-21-11-17-18(23-19)27(20(28)26(17)2)13-5-4-7-31(3,29)8-6-13/h9-11,13,29H,4-8H2,1-3H3,(H,21,22,23). The highest BCUT2D eigenvalue weighted by Crippen LogP contribution is 2.33. The Bertz CT molecular complexity index is 1340. The van der Waals surface area contributed by atoms with Crippen LogP contribution in [0.25, 0.3) is 22.2 Å². The summed E-state index contributed by atoms with van der Waals surface area (Å²) in [6.07, 6.45) is 4.31. The van der Waals surface area contributed by atoms with E-state index in [0.29, 0.717) is 17.1 Å². The van der Waals surface area contributed by atoms with Crippen molar-refractivity contribution in [2.75, 3.05) is 5.32 Å². The van der Waals surface area contributed by atoms with E-state index in [1.807, 2.05) is 25.6 Å². The maximum Gasteiger partial charge on any atom is 0.330 e. The molecule has 1 aliphatic heterocycles. The Labute approximate surface area is 184 Å². The Hall–Kier alpha value is -2.63. The van der Waals surface area contributed by atoms with Gasteiger partial charge in [-0.25, -0.2) is 9.78 Å². The molecule has 5 rings (SSSR count). The van der Waals surface area contributed by atoms with Gasteiger partial charge in [-0.05, 0) is 56.1 Å². The summed E-state index contributed by atoms with van der Waals surface area (Å²) in [4.78, 5) is 32.9. The fourth-order valence-electron chi connectivity index (χ4n) is 4.44. The van der Waals surface area contributed by atoms with Crippen molar-refractivity contribution in [2.24, 2.45) is 7.05 Å². The summed E-state index contributed by atoms with van der Waals surface area (Å²) in [5.74, 6) is 0.437. The number of nitrogens with zero attached hydrogens (tertiary/aromatic N) is 6. The zero-order valence-electron chi connectivity index (χ0n) is 17.8. The van der Waals surface area contributed by atoms with E-state index in [-0.39, 0.29) is 11.7 Å². The molecule has 1 saturated heterocycles. The Morgan fingerprint density at radius 1 is 1.23 bits per heavy atom. The van der Waals surface area contributed by atoms with Gasteiger partial charge in [0.05, 0.1) is 17.9 Å². The maximum absolute atomic E-state index is 13.1. The van der Waals surface area contributed by atoms with Gasteiger partial charge in [-0.15, -0.1) is 0 Å². The van der Waals surface area contributed by atoms with E-state index in [4.69, 9.17) is 4.98 Å². The molecular weight excluding hydrogens is 430 g/mol. The van der Waals surface area contributed by atoms with Crippen molar-refractivity contribution < 1.29 is 4.80 Å². The summed E-state index contributed by atoms with van der Waals surface area (Å²) in [7, 11) is -0.399. The number of imidazole rings is 1. The van der Waals surface area contributed by atoms with E-state index in [9.17, 15) is 9.59 Å². The second-order valence-electron chi connectivity index (χ2n) is 8.74. The lowest BCUT2D eigenvalue weighted by atomic mass is 10.1. The van der Waals surface area contributed by atoms with Gasteiger partial charge in [0.1, 0.15) is 16.6 Å². The summed E-state index contributed by atoms with van der Waals surface area (Å²) in [6.45, 7) is 4.02. The predicted molar refractivity (Wildman–Crippen MR) is 125 cm³/mol. The first-order valence-corrected chi connectivity index (χ1v) is 14.1. The molecule has 0 spiro atoms. The third-order valence-corrected chi connectivity index (χ3v) is 9.67. The van der Waals surface area contributed by atoms with Crippen LogP contribution in [0.3, 0.4) is 0 Å². The van der Waals surface area contributed by atoms with Crippen LogP contribution in [-0.4, -0.2) is 41.0 Å². The lowest BCUT2D eigenvalue weighted by molar-refractivity contribution is 0.446. The van der Waals surface area contributed by atoms with E-state index in [1.54, 1.807) is 22.4 Å². The van der Waals surface area contributed by atoms with Gasteiger partial charge in [0.25, 0.3) is 0 Å². The van der Waals surface area contributed by atoms with Gasteiger partial charge in [-0.1, -0.05) is 6.42 Å². The third kappa shape index (κ3) is 3.66. The van der Waals surface area contributed by atoms with Crippen molar-refractivity contribution in [1.82, 2.24) is 27.8 Å². The molecule has 2 atom stereocenters. The predicted octanol–water partition coefficient (Wildman–Crippen LogP) is 3.48. The minimum Gasteiger partial charge on any atom is -0.432 e. The molecule has 1 aliphatic rings. The quantitative estimate of drug-likeness (QED) is 0.455. The molecule has 0 saturated carbocycles. The number of nitrogens with one attached hydrogen (secondary N) is 1. The summed E-state index contributed by atoms with van der Waals surface area (Å²) in [5.41, 5.74) is 4.83. The molecule has 162 valence electrons. The van der Waals surface area contributed by atoms with Crippen molar-refractivity contribution in [2.45, 2.75) is 50.9 Å². The first kappa shape index (κ1) is 20.3. The molecule has 2 unspecified atom stereocenters. The topological polar surface area (TPSA) is 111 Å². The molecule has 3 aromatic heterocycles. The van der Waals surface area contributed by atoms with E-state index >= 15 is 0 Å². The highest BCUT2D eigenvalue weighted by atomic mass is 32.1. The van der Waals surface area contributed by atoms with Crippen LogP contribution in [0.5, 0.6) is 0 Å². The van der Waals surface area contributed by atoms with Crippen LogP contribution < -0.4 is 11.0 Å². The fraction of sp³-hybridized carbons (Fsp3) is 0.450. The summed E-state index contributed by atoms with van der Waals surface area (Å²) in [5, 5.41) is 3.29. The largest absolute Gasteiger partial charge is 0.432 e. The fourth-order valence-corrected chi connectivity index (χ4v) is 7.12. The molecule has 4 aromatic rings. The number of anilines is 2. The zero-order chi connectivity index (χ0) is 21.8. The van der Waals surface area contributed by atoms with E-state index in [2.05, 4.69) is 19.0 Å². The zero-order valence-corrected chi connectivity index (χ0v) is 19.6. The van der Waals surface area contributed by atoms with Gasteiger partial charge >= 0.3 is 5.69 Å². The molecule has 4 heterocycles. The van der Waals surface area contributed by atoms with Crippen LogP contribution in [0.4, 0.5) is 11.6 Å². The molecule has 0 amide bonds. The number of hydrogen-bond donors (Lipinski definition) is 2. The Balaban J connectivity index is 1.55. The minimum absolute atomic E-state index is 0.0413. The van der Waals surface area contributed by atoms with Gasteiger partial charge in [0.15, 0.2) is 14.0 Å². The van der Waals surface area contributed by atoms with Crippen molar-refractivity contribution in [3.63, 3.8) is 0 Å². The van der Waals surface area contributed by atoms with Gasteiger partial charge in [-0.3, -0.25) is 9.13 Å². The molecule has 0 aliphatic carbocycles. The SMILES string of the molecule is Cc1cc2nsnc2cc1Nc1ncc2c(n1)n(C1CCC[Si](C)(O)CC1)c(=O)n2C. The van der Waals surface area contributed by atoms with Gasteiger partial charge in [0.2, 0.25) is 5.95 Å². The summed E-state index contributed by atoms with van der Waals surface area (Å²) in [6, 6.07) is 5.66. The highest BCUT2D eigenvalue weighted by Gasteiger charge is 2.31. The molecular formula is C20H25N7O2SSi. The number of rotatable bonds is 3. The maximum atomic E-state index is 13.1. The molecule has 11 heteroatoms. The average Bonchev–Trinajstić information content (AvgIpc) is 3.21. The van der Waals surface area contributed by atoms with Crippen molar-refractivity contribution in [3.8, 4) is 0 Å². The first-order chi connectivity index (χ1) is 14.8. The molecule has 0 bridgehead atoms. The van der Waals surface area contributed by atoms with Crippen molar-refractivity contribution >= 4 is 53.9 Å². The minimum atomic E-state index is -2.16.